The van der Waals surface area contributed by atoms with Crippen LogP contribution in [-0.2, 0) is 33.8 Å². The Labute approximate surface area is 334 Å². The van der Waals surface area contributed by atoms with E-state index in [9.17, 15) is 24.3 Å². The van der Waals surface area contributed by atoms with Crippen LogP contribution in [0.5, 0.6) is 0 Å². The van der Waals surface area contributed by atoms with E-state index in [2.05, 4.69) is 67.6 Å². The van der Waals surface area contributed by atoms with Crippen molar-refractivity contribution in [2.24, 2.45) is 0 Å². The van der Waals surface area contributed by atoms with Crippen molar-refractivity contribution in [3.63, 3.8) is 0 Å². The normalized spacial score (nSPS) is 11.2. The second-order valence-electron chi connectivity index (χ2n) is 13.6. The van der Waals surface area contributed by atoms with Crippen LogP contribution in [0.3, 0.4) is 0 Å². The lowest BCUT2D eigenvalue weighted by Crippen LogP contribution is -2.48. The third-order valence-corrected chi connectivity index (χ3v) is 9.00. The van der Waals surface area contributed by atoms with Crippen LogP contribution in [0, 0.1) is 0 Å². The van der Waals surface area contributed by atoms with Crippen LogP contribution in [0.25, 0.3) is 0 Å². The molecule has 0 spiro atoms. The summed E-state index contributed by atoms with van der Waals surface area (Å²) in [7, 11) is 0. The molecule has 0 aliphatic rings. The molecule has 0 saturated carbocycles. The summed E-state index contributed by atoms with van der Waals surface area (Å²) in [5.41, 5.74) is 7.30. The number of ether oxygens (including phenoxy) is 1. The number of unbranched alkanes of at least 4 members (excludes halogenated alkanes) is 2. The predicted molar refractivity (Wildman–Crippen MR) is 227 cm³/mol. The smallest absolute Gasteiger partial charge is 0.408 e. The highest BCUT2D eigenvalue weighted by molar-refractivity contribution is 5.94. The number of anilines is 1. The number of carboxylic acid groups (broad SMARTS) is 1. The molecule has 0 aromatic heterocycles. The van der Waals surface area contributed by atoms with Crippen molar-refractivity contribution in [2.45, 2.75) is 105 Å². The molecule has 0 radical (unpaired) electrons. The molecule has 0 bridgehead atoms. The fourth-order valence-corrected chi connectivity index (χ4v) is 5.36. The second kappa shape index (κ2) is 27.0. The van der Waals surface area contributed by atoms with Gasteiger partial charge in [-0.2, -0.15) is 0 Å². The van der Waals surface area contributed by atoms with Crippen molar-refractivity contribution in [1.82, 2.24) is 10.6 Å². The third kappa shape index (κ3) is 19.1. The lowest BCUT2D eigenvalue weighted by molar-refractivity contribution is -0.139. The fourth-order valence-electron chi connectivity index (χ4n) is 5.36. The summed E-state index contributed by atoms with van der Waals surface area (Å²) >= 11 is 0. The summed E-state index contributed by atoms with van der Waals surface area (Å²) in [6.07, 6.45) is 7.54. The molecule has 56 heavy (non-hydrogen) atoms. The second-order valence-corrected chi connectivity index (χ2v) is 13.6. The number of aryl methyl sites for hydroxylation is 2. The average Bonchev–Trinajstić information content (AvgIpc) is 3.22. The number of carbonyl (C=O) groups is 4. The van der Waals surface area contributed by atoms with Gasteiger partial charge < -0.3 is 30.6 Å². The number of allylic oxidation sites excluding steroid dienone is 1. The maximum Gasteiger partial charge on any atom is 0.408 e. The first-order valence-corrected chi connectivity index (χ1v) is 19.6. The van der Waals surface area contributed by atoms with Gasteiger partial charge in [0.05, 0.1) is 0 Å². The molecule has 4 aromatic rings. The molecule has 4 aromatic carbocycles. The molecule has 2 amide bonds. The number of ketones is 1. The van der Waals surface area contributed by atoms with Crippen LogP contribution in [-0.4, -0.2) is 41.4 Å². The van der Waals surface area contributed by atoms with Crippen molar-refractivity contribution in [1.29, 1.82) is 0 Å². The largest absolute Gasteiger partial charge is 0.480 e. The van der Waals surface area contributed by atoms with Gasteiger partial charge in [0.25, 0.3) is 5.91 Å². The van der Waals surface area contributed by atoms with Crippen molar-refractivity contribution < 1.29 is 29.0 Å². The molecule has 0 saturated heterocycles. The van der Waals surface area contributed by atoms with Crippen molar-refractivity contribution in [3.05, 3.63) is 149 Å². The minimum atomic E-state index is -1.30. The van der Waals surface area contributed by atoms with Crippen molar-refractivity contribution in [2.75, 3.05) is 11.9 Å². The Hall–Kier alpha value is -5.70. The SMILES string of the molecule is C=C(CCCCC)Nc1ccccc1C(C)CC.CC(=O)CCc1ccccc1.CCc1ccc(C(=O)NCC(NC(=O)OCc2ccccc2)C(=O)O)cc1. The summed E-state index contributed by atoms with van der Waals surface area (Å²) < 4.78 is 5.00. The topological polar surface area (TPSA) is 134 Å². The molecule has 0 heterocycles. The molecular formula is C47H61N3O6. The highest BCUT2D eigenvalue weighted by Gasteiger charge is 2.22. The molecule has 4 N–H and O–H groups in total. The quantitative estimate of drug-likeness (QED) is 0.0699. The predicted octanol–water partition coefficient (Wildman–Crippen LogP) is 10.3. The number of carbonyl (C=O) groups excluding carboxylic acids is 3. The van der Waals surface area contributed by atoms with Gasteiger partial charge in [0, 0.05) is 29.9 Å². The van der Waals surface area contributed by atoms with E-state index in [4.69, 9.17) is 4.74 Å². The van der Waals surface area contributed by atoms with Gasteiger partial charge in [-0.3, -0.25) is 4.79 Å². The summed E-state index contributed by atoms with van der Waals surface area (Å²) in [4.78, 5) is 45.9. The van der Waals surface area contributed by atoms with Gasteiger partial charge in [0.2, 0.25) is 0 Å². The maximum absolute atomic E-state index is 12.1. The van der Waals surface area contributed by atoms with Gasteiger partial charge in [-0.1, -0.05) is 138 Å². The molecule has 4 rings (SSSR count). The highest BCUT2D eigenvalue weighted by Crippen LogP contribution is 2.28. The van der Waals surface area contributed by atoms with Gasteiger partial charge in [0.1, 0.15) is 18.4 Å². The number of hydrogen-bond donors (Lipinski definition) is 4. The van der Waals surface area contributed by atoms with Crippen molar-refractivity contribution >= 4 is 29.4 Å². The number of nitrogens with one attached hydrogen (secondary N) is 3. The summed E-state index contributed by atoms with van der Waals surface area (Å²) in [6.45, 7) is 14.3. The number of alkyl carbamates (subject to hydrolysis) is 1. The van der Waals surface area contributed by atoms with Crippen LogP contribution in [0.15, 0.2) is 121 Å². The number of aliphatic carboxylic acids is 1. The van der Waals surface area contributed by atoms with Crippen LogP contribution in [0.4, 0.5) is 10.5 Å². The first-order valence-electron chi connectivity index (χ1n) is 19.6. The first-order chi connectivity index (χ1) is 27.0. The molecule has 2 unspecified atom stereocenters. The minimum absolute atomic E-state index is 0.0230. The zero-order valence-corrected chi connectivity index (χ0v) is 33.8. The number of para-hydroxylation sites is 1. The molecule has 9 heteroatoms. The zero-order chi connectivity index (χ0) is 41.1. The Kier molecular flexibility index (Phi) is 22.4. The highest BCUT2D eigenvalue weighted by atomic mass is 16.5. The van der Waals surface area contributed by atoms with E-state index < -0.39 is 24.0 Å². The van der Waals surface area contributed by atoms with Crippen LogP contribution < -0.4 is 16.0 Å². The Balaban J connectivity index is 0.000000320. The van der Waals surface area contributed by atoms with E-state index >= 15 is 0 Å². The summed E-state index contributed by atoms with van der Waals surface area (Å²) in [5, 5.41) is 17.5. The monoisotopic (exact) mass is 763 g/mol. The van der Waals surface area contributed by atoms with E-state index in [1.807, 2.05) is 55.5 Å². The maximum atomic E-state index is 12.1. The van der Waals surface area contributed by atoms with E-state index in [0.29, 0.717) is 17.9 Å². The summed E-state index contributed by atoms with van der Waals surface area (Å²) in [6, 6.07) is 33.4. The average molecular weight is 764 g/mol. The minimum Gasteiger partial charge on any atom is -0.480 e. The van der Waals surface area contributed by atoms with Gasteiger partial charge in [-0.05, 0) is 85.4 Å². The van der Waals surface area contributed by atoms with Gasteiger partial charge in [-0.15, -0.1) is 0 Å². The van der Waals surface area contributed by atoms with Crippen LogP contribution >= 0.6 is 0 Å². The summed E-state index contributed by atoms with van der Waals surface area (Å²) in [5.74, 6) is -0.831. The lowest BCUT2D eigenvalue weighted by Gasteiger charge is -2.17. The fraction of sp³-hybridized carbons (Fsp3) is 0.362. The van der Waals surface area contributed by atoms with E-state index in [-0.39, 0.29) is 18.9 Å². The lowest BCUT2D eigenvalue weighted by atomic mass is 9.96. The van der Waals surface area contributed by atoms with Gasteiger partial charge in [0.15, 0.2) is 0 Å². The Bertz CT molecular complexity index is 1760. The molecular weight excluding hydrogens is 703 g/mol. The van der Waals surface area contributed by atoms with Crippen LogP contribution in [0.2, 0.25) is 0 Å². The Morgan fingerprint density at radius 2 is 1.36 bits per heavy atom. The molecule has 2 atom stereocenters. The van der Waals surface area contributed by atoms with E-state index in [0.717, 1.165) is 36.1 Å². The number of rotatable bonds is 19. The number of Topliss-reactive ketones (excluding diaryl/α,β-unsaturated/α-hetero) is 1. The Morgan fingerprint density at radius 3 is 1.93 bits per heavy atom. The van der Waals surface area contributed by atoms with Crippen molar-refractivity contribution in [3.8, 4) is 0 Å². The first kappa shape index (κ1) is 46.5. The van der Waals surface area contributed by atoms with Gasteiger partial charge in [-0.25, -0.2) is 9.59 Å². The molecule has 9 nitrogen and oxygen atoms in total. The molecule has 0 aliphatic heterocycles. The molecule has 0 fully saturated rings. The zero-order valence-electron chi connectivity index (χ0n) is 33.8. The Morgan fingerprint density at radius 1 is 0.750 bits per heavy atom. The van der Waals surface area contributed by atoms with E-state index in [1.165, 1.54) is 42.5 Å². The number of hydrogen-bond acceptors (Lipinski definition) is 6. The molecule has 300 valence electrons. The standard InChI is InChI=1S/C20H22N2O5.C17H27N.C10H12O/c1-2-14-8-10-16(11-9-14)18(23)21-12-17(19(24)25)22-20(26)27-13-15-6-4-3-5-7-15;1-5-7-8-11-15(4)18-17-13-10-9-12-16(17)14(3)6-2;1-9(11)7-8-10-5-3-2-4-6-10/h3-11,17H,2,12-13H2,1H3,(H,21,23)(H,22,26)(H,24,25);9-10,12-14,18H,4-8,11H2,1-3H3;2-6H,7-8H2,1H3. The van der Waals surface area contributed by atoms with E-state index in [1.54, 1.807) is 43.3 Å². The molecule has 0 aliphatic carbocycles. The third-order valence-electron chi connectivity index (χ3n) is 9.00. The number of carboxylic acids is 1. The van der Waals surface area contributed by atoms with Gasteiger partial charge >= 0.3 is 12.1 Å². The van der Waals surface area contributed by atoms with Crippen LogP contribution in [0.1, 0.15) is 112 Å². The number of amides is 2. The number of benzene rings is 4.